The molecule has 0 spiro atoms. The molecule has 100 valence electrons. The number of aromatic nitrogens is 1. The highest BCUT2D eigenvalue weighted by Crippen LogP contribution is 2.27. The lowest BCUT2D eigenvalue weighted by Crippen LogP contribution is -2.31. The smallest absolute Gasteiger partial charge is 0.325 e. The van der Waals surface area contributed by atoms with E-state index in [1.165, 1.54) is 7.11 Å². The number of phenols is 1. The van der Waals surface area contributed by atoms with Crippen LogP contribution >= 0.6 is 0 Å². The fourth-order valence-electron chi connectivity index (χ4n) is 1.95. The molecule has 1 aromatic carbocycles. The molecule has 0 aliphatic carbocycles. The van der Waals surface area contributed by atoms with Crippen molar-refractivity contribution < 1.29 is 14.6 Å². The Morgan fingerprint density at radius 3 is 2.89 bits per heavy atom. The van der Waals surface area contributed by atoms with Crippen molar-refractivity contribution in [3.63, 3.8) is 0 Å². The maximum Gasteiger partial charge on any atom is 0.325 e. The summed E-state index contributed by atoms with van der Waals surface area (Å²) in [5.41, 5.74) is 0. The largest absolute Gasteiger partial charge is 0.508 e. The van der Waals surface area contributed by atoms with Gasteiger partial charge in [-0.05, 0) is 30.5 Å². The Morgan fingerprint density at radius 2 is 2.21 bits per heavy atom. The number of carbonyl (C=O) groups is 1. The highest BCUT2D eigenvalue weighted by molar-refractivity contribution is 5.94. The molecule has 19 heavy (non-hydrogen) atoms. The molecule has 1 aromatic heterocycles. The molecule has 1 N–H and O–H groups in total. The number of rotatable bonds is 4. The monoisotopic (exact) mass is 260 g/mol. The highest BCUT2D eigenvalue weighted by atomic mass is 16.5. The number of anilines is 1. The number of phenolic OH excluding ortho intramolecular Hbond substituents is 1. The normalized spacial score (nSPS) is 10.4. The number of likely N-dealkylation sites (N-methyl/N-ethyl adjacent to an activating group) is 1. The molecular formula is C14H16N2O3. The molecule has 5 heteroatoms. The van der Waals surface area contributed by atoms with Crippen LogP contribution < -0.4 is 4.90 Å². The van der Waals surface area contributed by atoms with Gasteiger partial charge in [-0.1, -0.05) is 6.07 Å². The van der Waals surface area contributed by atoms with E-state index in [2.05, 4.69) is 9.72 Å². The summed E-state index contributed by atoms with van der Waals surface area (Å²) >= 11 is 0. The first-order chi connectivity index (χ1) is 9.15. The lowest BCUT2D eigenvalue weighted by Gasteiger charge is -2.22. The van der Waals surface area contributed by atoms with Crippen LogP contribution in [-0.4, -0.2) is 36.3 Å². The van der Waals surface area contributed by atoms with E-state index in [0.717, 1.165) is 10.8 Å². The third-order valence-electron chi connectivity index (χ3n) is 2.96. The minimum atomic E-state index is -0.319. The minimum absolute atomic E-state index is 0.134. The van der Waals surface area contributed by atoms with E-state index in [-0.39, 0.29) is 18.3 Å². The van der Waals surface area contributed by atoms with Gasteiger partial charge in [0.1, 0.15) is 18.1 Å². The number of esters is 1. The summed E-state index contributed by atoms with van der Waals surface area (Å²) in [6.45, 7) is 2.69. The van der Waals surface area contributed by atoms with Crippen LogP contribution in [0.5, 0.6) is 5.75 Å². The fraction of sp³-hybridized carbons (Fsp3) is 0.286. The zero-order valence-corrected chi connectivity index (χ0v) is 11.0. The van der Waals surface area contributed by atoms with Gasteiger partial charge in [0, 0.05) is 18.1 Å². The fourth-order valence-corrected chi connectivity index (χ4v) is 1.95. The van der Waals surface area contributed by atoms with Gasteiger partial charge >= 0.3 is 5.97 Å². The molecule has 2 aromatic rings. The van der Waals surface area contributed by atoms with Gasteiger partial charge in [-0.25, -0.2) is 4.98 Å². The Kier molecular flexibility index (Phi) is 3.85. The molecule has 0 fully saturated rings. The summed E-state index contributed by atoms with van der Waals surface area (Å²) in [5.74, 6) is 0.526. The van der Waals surface area contributed by atoms with Gasteiger partial charge in [-0.15, -0.1) is 0 Å². The molecule has 0 saturated carbocycles. The number of methoxy groups -OCH3 is 1. The zero-order valence-electron chi connectivity index (χ0n) is 11.0. The molecule has 0 bridgehead atoms. The summed E-state index contributed by atoms with van der Waals surface area (Å²) in [6.07, 6.45) is 1.69. The van der Waals surface area contributed by atoms with E-state index in [4.69, 9.17) is 0 Å². The number of carbonyl (C=O) groups excluding carboxylic acids is 1. The van der Waals surface area contributed by atoms with Crippen molar-refractivity contribution in [3.8, 4) is 5.75 Å². The molecule has 0 amide bonds. The van der Waals surface area contributed by atoms with Gasteiger partial charge in [0.05, 0.1) is 7.11 Å². The number of nitrogens with zero attached hydrogens (tertiary/aromatic N) is 2. The van der Waals surface area contributed by atoms with Crippen LogP contribution in [0.15, 0.2) is 30.5 Å². The Labute approximate surface area is 111 Å². The average molecular weight is 260 g/mol. The summed E-state index contributed by atoms with van der Waals surface area (Å²) < 4.78 is 4.68. The first-order valence-corrected chi connectivity index (χ1v) is 6.05. The van der Waals surface area contributed by atoms with Crippen LogP contribution in [0.2, 0.25) is 0 Å². The summed E-state index contributed by atoms with van der Waals surface area (Å²) in [6, 6.07) is 6.96. The number of benzene rings is 1. The first-order valence-electron chi connectivity index (χ1n) is 6.05. The van der Waals surface area contributed by atoms with Crippen LogP contribution in [-0.2, 0) is 9.53 Å². The second-order valence-electron chi connectivity index (χ2n) is 4.13. The molecule has 0 aliphatic heterocycles. The van der Waals surface area contributed by atoms with E-state index in [0.29, 0.717) is 12.4 Å². The molecule has 0 unspecified atom stereocenters. The number of hydrogen-bond acceptors (Lipinski definition) is 5. The van der Waals surface area contributed by atoms with Gasteiger partial charge in [-0.2, -0.15) is 0 Å². The van der Waals surface area contributed by atoms with Gasteiger partial charge in [0.25, 0.3) is 0 Å². The van der Waals surface area contributed by atoms with Crippen LogP contribution in [0.25, 0.3) is 10.8 Å². The zero-order chi connectivity index (χ0) is 13.8. The average Bonchev–Trinajstić information content (AvgIpc) is 2.44. The van der Waals surface area contributed by atoms with E-state index >= 15 is 0 Å². The maximum absolute atomic E-state index is 11.4. The summed E-state index contributed by atoms with van der Waals surface area (Å²) in [7, 11) is 1.36. The predicted molar refractivity (Wildman–Crippen MR) is 73.3 cm³/mol. The van der Waals surface area contributed by atoms with Crippen molar-refractivity contribution in [2.45, 2.75) is 6.92 Å². The topological polar surface area (TPSA) is 62.7 Å². The number of ether oxygens (including phenoxy) is 1. The van der Waals surface area contributed by atoms with E-state index < -0.39 is 0 Å². The Balaban J connectivity index is 2.47. The Morgan fingerprint density at radius 1 is 1.42 bits per heavy atom. The molecule has 2 rings (SSSR count). The second kappa shape index (κ2) is 5.56. The molecule has 0 aliphatic rings. The van der Waals surface area contributed by atoms with Crippen molar-refractivity contribution in [2.75, 3.05) is 25.1 Å². The molecule has 0 atom stereocenters. The number of fused-ring (bicyclic) bond motifs is 1. The molecule has 0 saturated heterocycles. The lowest BCUT2D eigenvalue weighted by atomic mass is 10.1. The van der Waals surface area contributed by atoms with E-state index in [9.17, 15) is 9.90 Å². The summed E-state index contributed by atoms with van der Waals surface area (Å²) in [4.78, 5) is 17.5. The Bertz CT molecular complexity index is 598. The quantitative estimate of drug-likeness (QED) is 0.851. The SMILES string of the molecule is CCN(CC(=O)OC)c1nccc2ccc(O)cc12. The molecular weight excluding hydrogens is 244 g/mol. The third-order valence-corrected chi connectivity index (χ3v) is 2.96. The van der Waals surface area contributed by atoms with Crippen LogP contribution in [0, 0.1) is 0 Å². The van der Waals surface area contributed by atoms with Crippen LogP contribution in [0.4, 0.5) is 5.82 Å². The predicted octanol–water partition coefficient (Wildman–Crippen LogP) is 1.94. The van der Waals surface area contributed by atoms with Crippen molar-refractivity contribution in [3.05, 3.63) is 30.5 Å². The Hall–Kier alpha value is -2.30. The van der Waals surface area contributed by atoms with Gasteiger partial charge in [0.15, 0.2) is 0 Å². The molecule has 5 nitrogen and oxygen atoms in total. The van der Waals surface area contributed by atoms with Gasteiger partial charge < -0.3 is 14.7 Å². The summed E-state index contributed by atoms with van der Waals surface area (Å²) in [5, 5.41) is 11.4. The van der Waals surface area contributed by atoms with Crippen LogP contribution in [0.3, 0.4) is 0 Å². The van der Waals surface area contributed by atoms with Gasteiger partial charge in [-0.3, -0.25) is 4.79 Å². The maximum atomic E-state index is 11.4. The lowest BCUT2D eigenvalue weighted by molar-refractivity contribution is -0.138. The number of aromatic hydroxyl groups is 1. The third kappa shape index (κ3) is 2.76. The second-order valence-corrected chi connectivity index (χ2v) is 4.13. The van der Waals surface area contributed by atoms with Crippen molar-refractivity contribution in [2.24, 2.45) is 0 Å². The van der Waals surface area contributed by atoms with Gasteiger partial charge in [0.2, 0.25) is 0 Å². The van der Waals surface area contributed by atoms with E-state index in [1.54, 1.807) is 18.3 Å². The van der Waals surface area contributed by atoms with Crippen molar-refractivity contribution in [1.82, 2.24) is 4.98 Å². The van der Waals surface area contributed by atoms with Crippen LogP contribution in [0.1, 0.15) is 6.92 Å². The molecule has 0 radical (unpaired) electrons. The number of hydrogen-bond donors (Lipinski definition) is 1. The standard InChI is InChI=1S/C14H16N2O3/c1-3-16(9-13(18)19-2)14-12-8-11(17)5-4-10(12)6-7-15-14/h4-8,17H,3,9H2,1-2H3. The van der Waals surface area contributed by atoms with Crippen molar-refractivity contribution in [1.29, 1.82) is 0 Å². The van der Waals surface area contributed by atoms with E-state index in [1.807, 2.05) is 24.0 Å². The van der Waals surface area contributed by atoms with Crippen molar-refractivity contribution >= 4 is 22.6 Å². The molecule has 1 heterocycles. The highest BCUT2D eigenvalue weighted by Gasteiger charge is 2.14. The number of pyridine rings is 1. The first kappa shape index (κ1) is 13.1. The minimum Gasteiger partial charge on any atom is -0.508 e.